The molecule has 20 heavy (non-hydrogen) atoms. The molecule has 1 aromatic rings. The van der Waals surface area contributed by atoms with Crippen molar-refractivity contribution >= 4 is 27.5 Å². The number of carbonyl (C=O) groups excluding carboxylic acids is 1. The van der Waals surface area contributed by atoms with Gasteiger partial charge in [0.2, 0.25) is 5.91 Å². The summed E-state index contributed by atoms with van der Waals surface area (Å²) in [7, 11) is 0. The highest BCUT2D eigenvalue weighted by atomic mass is 79.9. The fourth-order valence-electron chi connectivity index (χ4n) is 3.14. The van der Waals surface area contributed by atoms with Crippen LogP contribution in [-0.4, -0.2) is 25.0 Å². The molecule has 2 aliphatic heterocycles. The Bertz CT molecular complexity index is 581. The molecule has 104 valence electrons. The van der Waals surface area contributed by atoms with Gasteiger partial charge in [-0.25, -0.2) is 0 Å². The van der Waals surface area contributed by atoms with Gasteiger partial charge in [-0.1, -0.05) is 0 Å². The van der Waals surface area contributed by atoms with E-state index in [1.54, 1.807) is 0 Å². The van der Waals surface area contributed by atoms with E-state index in [0.29, 0.717) is 23.9 Å². The molecule has 0 radical (unpaired) electrons. The van der Waals surface area contributed by atoms with Crippen LogP contribution >= 0.6 is 15.9 Å². The van der Waals surface area contributed by atoms with Gasteiger partial charge in [-0.3, -0.25) is 4.79 Å². The van der Waals surface area contributed by atoms with Crippen LogP contribution in [0.5, 0.6) is 0 Å². The first-order valence-corrected chi connectivity index (χ1v) is 7.70. The third kappa shape index (κ3) is 2.53. The van der Waals surface area contributed by atoms with E-state index in [4.69, 9.17) is 5.26 Å². The molecule has 3 rings (SSSR count). The topological polar surface area (TPSA) is 56.1 Å². The van der Waals surface area contributed by atoms with Crippen LogP contribution in [0, 0.1) is 17.2 Å². The van der Waals surface area contributed by atoms with Gasteiger partial charge >= 0.3 is 0 Å². The number of fused-ring (bicyclic) bond motifs is 1. The molecule has 2 heterocycles. The fraction of sp³-hybridized carbons (Fsp3) is 0.467. The minimum atomic E-state index is 0.195. The van der Waals surface area contributed by atoms with Crippen LogP contribution in [-0.2, 0) is 4.79 Å². The molecule has 2 saturated heterocycles. The van der Waals surface area contributed by atoms with Crippen LogP contribution < -0.4 is 10.2 Å². The van der Waals surface area contributed by atoms with Crippen LogP contribution in [0.1, 0.15) is 24.8 Å². The van der Waals surface area contributed by atoms with Gasteiger partial charge < -0.3 is 10.2 Å². The van der Waals surface area contributed by atoms with Crippen molar-refractivity contribution in [1.29, 1.82) is 5.26 Å². The number of piperidine rings is 2. The second kappa shape index (κ2) is 5.45. The molecule has 0 aromatic heterocycles. The number of benzene rings is 1. The fourth-order valence-corrected chi connectivity index (χ4v) is 3.59. The lowest BCUT2D eigenvalue weighted by Gasteiger charge is -2.42. The molecule has 1 aromatic carbocycles. The third-order valence-corrected chi connectivity index (χ3v) is 4.92. The van der Waals surface area contributed by atoms with Crippen molar-refractivity contribution in [2.45, 2.75) is 25.3 Å². The highest BCUT2D eigenvalue weighted by Crippen LogP contribution is 2.30. The zero-order chi connectivity index (χ0) is 14.1. The molecule has 1 amide bonds. The zero-order valence-electron chi connectivity index (χ0n) is 11.1. The monoisotopic (exact) mass is 333 g/mol. The van der Waals surface area contributed by atoms with Gasteiger partial charge in [0.05, 0.1) is 5.56 Å². The Labute approximate surface area is 126 Å². The molecule has 5 heteroatoms. The number of amides is 1. The number of nitrogens with zero attached hydrogens (tertiary/aromatic N) is 2. The van der Waals surface area contributed by atoms with E-state index >= 15 is 0 Å². The first kappa shape index (κ1) is 13.4. The number of hydrogen-bond donors (Lipinski definition) is 1. The standard InChI is InChI=1S/C15H16BrN3O/c16-13-7-12(3-1-10(13)8-17)19-6-5-14-11(9-19)2-4-15(20)18-14/h1,3,7,11,14H,2,4-6,9H2,(H,18,20). The lowest BCUT2D eigenvalue weighted by molar-refractivity contribution is -0.124. The number of halogens is 1. The summed E-state index contributed by atoms with van der Waals surface area (Å²) in [6.45, 7) is 1.92. The highest BCUT2D eigenvalue weighted by Gasteiger charge is 2.33. The highest BCUT2D eigenvalue weighted by molar-refractivity contribution is 9.10. The average molecular weight is 334 g/mol. The van der Waals surface area contributed by atoms with E-state index in [0.717, 1.165) is 36.1 Å². The number of rotatable bonds is 1. The second-order valence-electron chi connectivity index (χ2n) is 5.48. The van der Waals surface area contributed by atoms with Gasteiger partial charge in [-0.05, 0) is 52.9 Å². The van der Waals surface area contributed by atoms with Gasteiger partial charge in [0.15, 0.2) is 0 Å². The van der Waals surface area contributed by atoms with Gasteiger partial charge in [-0.2, -0.15) is 5.26 Å². The quantitative estimate of drug-likeness (QED) is 0.858. The maximum absolute atomic E-state index is 11.4. The number of nitriles is 1. The Balaban J connectivity index is 1.75. The van der Waals surface area contributed by atoms with E-state index in [-0.39, 0.29) is 5.91 Å². The molecule has 2 atom stereocenters. The molecule has 0 spiro atoms. The zero-order valence-corrected chi connectivity index (χ0v) is 12.7. The first-order valence-electron chi connectivity index (χ1n) is 6.91. The summed E-state index contributed by atoms with van der Waals surface area (Å²) >= 11 is 3.44. The van der Waals surface area contributed by atoms with Crippen LogP contribution in [0.3, 0.4) is 0 Å². The van der Waals surface area contributed by atoms with E-state index < -0.39 is 0 Å². The molecule has 2 fully saturated rings. The molecule has 0 saturated carbocycles. The molecule has 1 N–H and O–H groups in total. The first-order chi connectivity index (χ1) is 9.67. The maximum atomic E-state index is 11.4. The van der Waals surface area contributed by atoms with Crippen molar-refractivity contribution < 1.29 is 4.79 Å². The number of hydrogen-bond acceptors (Lipinski definition) is 3. The molecular formula is C15H16BrN3O. The molecule has 2 unspecified atom stereocenters. The van der Waals surface area contributed by atoms with Crippen molar-refractivity contribution in [2.24, 2.45) is 5.92 Å². The van der Waals surface area contributed by atoms with Crippen molar-refractivity contribution in [2.75, 3.05) is 18.0 Å². The Morgan fingerprint density at radius 3 is 3.00 bits per heavy atom. The van der Waals surface area contributed by atoms with E-state index in [9.17, 15) is 4.79 Å². The predicted molar refractivity (Wildman–Crippen MR) is 80.3 cm³/mol. The summed E-state index contributed by atoms with van der Waals surface area (Å²) in [5, 5.41) is 12.1. The van der Waals surface area contributed by atoms with Crippen molar-refractivity contribution in [3.63, 3.8) is 0 Å². The lowest BCUT2D eigenvalue weighted by atomic mass is 9.85. The normalized spacial score (nSPS) is 25.6. The van der Waals surface area contributed by atoms with Crippen LogP contribution in [0.4, 0.5) is 5.69 Å². The number of anilines is 1. The predicted octanol–water partition coefficient (Wildman–Crippen LogP) is 2.43. The summed E-state index contributed by atoms with van der Waals surface area (Å²) in [5.74, 6) is 0.733. The minimum absolute atomic E-state index is 0.195. The third-order valence-electron chi connectivity index (χ3n) is 4.26. The summed E-state index contributed by atoms with van der Waals surface area (Å²) in [6, 6.07) is 8.38. The number of carbonyl (C=O) groups is 1. The molecule has 4 nitrogen and oxygen atoms in total. The average Bonchev–Trinajstić information content (AvgIpc) is 2.46. The van der Waals surface area contributed by atoms with Crippen molar-refractivity contribution in [3.8, 4) is 6.07 Å². The largest absolute Gasteiger partial charge is 0.371 e. The molecule has 2 aliphatic rings. The number of nitrogens with one attached hydrogen (secondary N) is 1. The maximum Gasteiger partial charge on any atom is 0.220 e. The van der Waals surface area contributed by atoms with Crippen LogP contribution in [0.25, 0.3) is 0 Å². The Morgan fingerprint density at radius 1 is 1.40 bits per heavy atom. The summed E-state index contributed by atoms with van der Waals surface area (Å²) in [6.07, 6.45) is 2.62. The molecule has 0 bridgehead atoms. The summed E-state index contributed by atoms with van der Waals surface area (Å²) in [4.78, 5) is 13.8. The Hall–Kier alpha value is -1.54. The van der Waals surface area contributed by atoms with E-state index in [2.05, 4.69) is 32.2 Å². The Kier molecular flexibility index (Phi) is 3.66. The SMILES string of the molecule is N#Cc1ccc(N2CCC3NC(=O)CCC3C2)cc1Br. The van der Waals surface area contributed by atoms with Crippen molar-refractivity contribution in [1.82, 2.24) is 5.32 Å². The van der Waals surface area contributed by atoms with E-state index in [1.807, 2.05) is 18.2 Å². The summed E-state index contributed by atoms with van der Waals surface area (Å²) in [5.41, 5.74) is 1.81. The van der Waals surface area contributed by atoms with E-state index in [1.165, 1.54) is 0 Å². The van der Waals surface area contributed by atoms with Gasteiger partial charge in [0, 0.05) is 35.7 Å². The Morgan fingerprint density at radius 2 is 2.25 bits per heavy atom. The molecular weight excluding hydrogens is 318 g/mol. The van der Waals surface area contributed by atoms with Crippen LogP contribution in [0.2, 0.25) is 0 Å². The van der Waals surface area contributed by atoms with Gasteiger partial charge in [0.25, 0.3) is 0 Å². The lowest BCUT2D eigenvalue weighted by Crippen LogP contribution is -2.54. The van der Waals surface area contributed by atoms with Gasteiger partial charge in [-0.15, -0.1) is 0 Å². The van der Waals surface area contributed by atoms with Crippen LogP contribution in [0.15, 0.2) is 22.7 Å². The summed E-state index contributed by atoms with van der Waals surface area (Å²) < 4.78 is 0.844. The minimum Gasteiger partial charge on any atom is -0.371 e. The molecule has 0 aliphatic carbocycles. The second-order valence-corrected chi connectivity index (χ2v) is 6.34. The smallest absolute Gasteiger partial charge is 0.220 e. The van der Waals surface area contributed by atoms with Gasteiger partial charge in [0.1, 0.15) is 6.07 Å². The van der Waals surface area contributed by atoms with Crippen molar-refractivity contribution in [3.05, 3.63) is 28.2 Å².